The summed E-state index contributed by atoms with van der Waals surface area (Å²) in [5, 5.41) is 12.1. The van der Waals surface area contributed by atoms with E-state index in [1.165, 1.54) is 12.1 Å². The standard InChI is InChI=1S/C26H32FN3O3S/c1-5-6-23-29-24-16(4)9-18(12-28-25(31)20(14-34)15(2)3)11-22(24)30(23)13-17-7-8-19(26(32)33)21(27)10-17/h7-11,15,20,34H,5-6,12-14H2,1-4H3,(H,28,31)(H,32,33)/t20-/m0/s1. The Balaban J connectivity index is 1.96. The lowest BCUT2D eigenvalue weighted by Crippen LogP contribution is -2.34. The van der Waals surface area contributed by atoms with E-state index >= 15 is 0 Å². The quantitative estimate of drug-likeness (QED) is 0.353. The van der Waals surface area contributed by atoms with Gasteiger partial charge in [-0.25, -0.2) is 14.2 Å². The van der Waals surface area contributed by atoms with E-state index in [1.807, 2.05) is 32.9 Å². The normalized spacial score (nSPS) is 12.3. The monoisotopic (exact) mass is 485 g/mol. The molecule has 3 aromatic rings. The molecule has 1 aromatic heterocycles. The lowest BCUT2D eigenvalue weighted by atomic mass is 9.97. The molecule has 0 aliphatic carbocycles. The summed E-state index contributed by atoms with van der Waals surface area (Å²) in [6.45, 7) is 8.85. The number of carbonyl (C=O) groups excluding carboxylic acids is 1. The fourth-order valence-electron chi connectivity index (χ4n) is 4.14. The molecule has 0 fully saturated rings. The molecule has 0 saturated carbocycles. The zero-order valence-electron chi connectivity index (χ0n) is 20.1. The fraction of sp³-hybridized carbons (Fsp3) is 0.423. The minimum absolute atomic E-state index is 0.0167. The fourth-order valence-corrected chi connectivity index (χ4v) is 4.72. The number of fused-ring (bicyclic) bond motifs is 1. The second kappa shape index (κ2) is 11.0. The Morgan fingerprint density at radius 2 is 1.94 bits per heavy atom. The van der Waals surface area contributed by atoms with Crippen molar-refractivity contribution >= 4 is 35.5 Å². The average molecular weight is 486 g/mol. The number of halogens is 1. The second-order valence-corrected chi connectivity index (χ2v) is 9.38. The Labute approximate surface area is 205 Å². The van der Waals surface area contributed by atoms with E-state index in [1.54, 1.807) is 6.07 Å². The van der Waals surface area contributed by atoms with Crippen molar-refractivity contribution in [2.75, 3.05) is 5.75 Å². The van der Waals surface area contributed by atoms with Gasteiger partial charge < -0.3 is 15.0 Å². The Hall–Kier alpha value is -2.87. The molecule has 8 heteroatoms. The molecule has 34 heavy (non-hydrogen) atoms. The van der Waals surface area contributed by atoms with E-state index in [-0.39, 0.29) is 23.3 Å². The maximum Gasteiger partial charge on any atom is 0.338 e. The lowest BCUT2D eigenvalue weighted by molar-refractivity contribution is -0.125. The number of aryl methyl sites for hydroxylation is 2. The first-order valence-electron chi connectivity index (χ1n) is 11.5. The maximum atomic E-state index is 14.3. The highest BCUT2D eigenvalue weighted by Gasteiger charge is 2.21. The molecule has 0 bridgehead atoms. The number of amides is 1. The summed E-state index contributed by atoms with van der Waals surface area (Å²) in [5.41, 5.74) is 4.05. The van der Waals surface area contributed by atoms with Gasteiger partial charge in [0.2, 0.25) is 5.91 Å². The number of nitrogens with zero attached hydrogens (tertiary/aromatic N) is 2. The number of carbonyl (C=O) groups is 2. The van der Waals surface area contributed by atoms with Gasteiger partial charge in [-0.05, 0) is 54.2 Å². The second-order valence-electron chi connectivity index (χ2n) is 9.01. The van der Waals surface area contributed by atoms with E-state index < -0.39 is 11.8 Å². The van der Waals surface area contributed by atoms with Crippen LogP contribution in [0.5, 0.6) is 0 Å². The summed E-state index contributed by atoms with van der Waals surface area (Å²) >= 11 is 4.32. The van der Waals surface area contributed by atoms with Crippen LogP contribution < -0.4 is 5.32 Å². The summed E-state index contributed by atoms with van der Waals surface area (Å²) in [7, 11) is 0. The van der Waals surface area contributed by atoms with Crippen LogP contribution in [0.2, 0.25) is 0 Å². The van der Waals surface area contributed by atoms with E-state index in [2.05, 4.69) is 29.4 Å². The third kappa shape index (κ3) is 5.60. The van der Waals surface area contributed by atoms with Crippen LogP contribution >= 0.6 is 12.6 Å². The predicted octanol–water partition coefficient (Wildman–Crippen LogP) is 5.00. The third-order valence-corrected chi connectivity index (χ3v) is 6.46. The molecule has 0 radical (unpaired) electrons. The van der Waals surface area contributed by atoms with E-state index in [0.29, 0.717) is 24.4 Å². The van der Waals surface area contributed by atoms with Crippen LogP contribution in [-0.2, 0) is 24.3 Å². The average Bonchev–Trinajstić information content (AvgIpc) is 3.10. The number of aromatic nitrogens is 2. The van der Waals surface area contributed by atoms with Crippen molar-refractivity contribution in [3.05, 3.63) is 64.2 Å². The van der Waals surface area contributed by atoms with Crippen molar-refractivity contribution in [2.24, 2.45) is 11.8 Å². The molecule has 1 atom stereocenters. The van der Waals surface area contributed by atoms with Crippen LogP contribution in [0, 0.1) is 24.6 Å². The highest BCUT2D eigenvalue weighted by molar-refractivity contribution is 7.80. The molecular formula is C26H32FN3O3S. The van der Waals surface area contributed by atoms with Crippen LogP contribution in [0.1, 0.15) is 60.1 Å². The SMILES string of the molecule is CCCc1nc2c(C)cc(CNC(=O)[C@@H](CS)C(C)C)cc2n1Cc1ccc(C(=O)O)c(F)c1. The molecule has 1 heterocycles. The predicted molar refractivity (Wildman–Crippen MR) is 135 cm³/mol. The molecule has 6 nitrogen and oxygen atoms in total. The zero-order chi connectivity index (χ0) is 25.0. The molecule has 0 saturated heterocycles. The van der Waals surface area contributed by atoms with Gasteiger partial charge in [-0.3, -0.25) is 4.79 Å². The summed E-state index contributed by atoms with van der Waals surface area (Å²) in [6, 6.07) is 8.24. The van der Waals surface area contributed by atoms with Gasteiger partial charge in [-0.1, -0.05) is 32.9 Å². The molecule has 0 unspecified atom stereocenters. The van der Waals surface area contributed by atoms with Crippen molar-refractivity contribution in [3.63, 3.8) is 0 Å². The van der Waals surface area contributed by atoms with Crippen LogP contribution in [0.25, 0.3) is 11.0 Å². The summed E-state index contributed by atoms with van der Waals surface area (Å²) in [6.07, 6.45) is 1.66. The lowest BCUT2D eigenvalue weighted by Gasteiger charge is -2.18. The van der Waals surface area contributed by atoms with Crippen molar-refractivity contribution in [1.82, 2.24) is 14.9 Å². The van der Waals surface area contributed by atoms with Gasteiger partial charge in [-0.2, -0.15) is 12.6 Å². The molecule has 0 aliphatic heterocycles. The van der Waals surface area contributed by atoms with Gasteiger partial charge in [0, 0.05) is 31.2 Å². The molecule has 0 aliphatic rings. The molecule has 2 aromatic carbocycles. The van der Waals surface area contributed by atoms with E-state index in [9.17, 15) is 14.0 Å². The largest absolute Gasteiger partial charge is 0.478 e. The maximum absolute atomic E-state index is 14.3. The Morgan fingerprint density at radius 3 is 2.53 bits per heavy atom. The number of imidazole rings is 1. The first kappa shape index (κ1) is 25.7. The number of nitrogens with one attached hydrogen (secondary N) is 1. The smallest absolute Gasteiger partial charge is 0.338 e. The van der Waals surface area contributed by atoms with Gasteiger partial charge in [0.05, 0.1) is 16.6 Å². The molecule has 2 N–H and O–H groups in total. The number of aromatic carboxylic acids is 1. The topological polar surface area (TPSA) is 84.2 Å². The van der Waals surface area contributed by atoms with Crippen LogP contribution in [0.3, 0.4) is 0 Å². The summed E-state index contributed by atoms with van der Waals surface area (Å²) < 4.78 is 16.3. The highest BCUT2D eigenvalue weighted by atomic mass is 32.1. The summed E-state index contributed by atoms with van der Waals surface area (Å²) in [5.74, 6) is -0.632. The van der Waals surface area contributed by atoms with Gasteiger partial charge in [0.15, 0.2) is 0 Å². The van der Waals surface area contributed by atoms with Gasteiger partial charge >= 0.3 is 5.97 Å². The van der Waals surface area contributed by atoms with Crippen LogP contribution in [0.4, 0.5) is 4.39 Å². The van der Waals surface area contributed by atoms with Crippen molar-refractivity contribution < 1.29 is 19.1 Å². The zero-order valence-corrected chi connectivity index (χ0v) is 21.0. The Bertz CT molecular complexity index is 1210. The number of carboxylic acids is 1. The number of benzene rings is 2. The number of hydrogen-bond donors (Lipinski definition) is 3. The van der Waals surface area contributed by atoms with Crippen molar-refractivity contribution in [3.8, 4) is 0 Å². The van der Waals surface area contributed by atoms with Crippen molar-refractivity contribution in [2.45, 2.75) is 53.6 Å². The van der Waals surface area contributed by atoms with Crippen molar-refractivity contribution in [1.29, 1.82) is 0 Å². The molecule has 1 amide bonds. The minimum atomic E-state index is -1.29. The van der Waals surface area contributed by atoms with Crippen LogP contribution in [-0.4, -0.2) is 32.3 Å². The molecular weight excluding hydrogens is 453 g/mol. The van der Waals surface area contributed by atoms with E-state index in [0.717, 1.165) is 40.8 Å². The number of carboxylic acid groups (broad SMARTS) is 1. The summed E-state index contributed by atoms with van der Waals surface area (Å²) in [4.78, 5) is 28.6. The Morgan fingerprint density at radius 1 is 1.21 bits per heavy atom. The van der Waals surface area contributed by atoms with Gasteiger partial charge in [-0.15, -0.1) is 0 Å². The number of thiol groups is 1. The molecule has 182 valence electrons. The number of rotatable bonds is 10. The van der Waals surface area contributed by atoms with Gasteiger partial charge in [0.1, 0.15) is 11.6 Å². The highest BCUT2D eigenvalue weighted by Crippen LogP contribution is 2.25. The van der Waals surface area contributed by atoms with E-state index in [4.69, 9.17) is 10.1 Å². The molecule has 3 rings (SSSR count). The number of hydrogen-bond acceptors (Lipinski definition) is 4. The minimum Gasteiger partial charge on any atom is -0.478 e. The Kier molecular flexibility index (Phi) is 8.36. The first-order chi connectivity index (χ1) is 16.2. The molecule has 0 spiro atoms. The first-order valence-corrected chi connectivity index (χ1v) is 12.2. The third-order valence-electron chi connectivity index (χ3n) is 6.07. The van der Waals surface area contributed by atoms with Gasteiger partial charge in [0.25, 0.3) is 0 Å². The van der Waals surface area contributed by atoms with Crippen LogP contribution in [0.15, 0.2) is 30.3 Å².